The van der Waals surface area contributed by atoms with E-state index in [1.54, 1.807) is 35.0 Å². The lowest BCUT2D eigenvalue weighted by atomic mass is 10.2. The number of benzene rings is 2. The topological polar surface area (TPSA) is 114 Å². The number of hydrazine groups is 1. The summed E-state index contributed by atoms with van der Waals surface area (Å²) in [5.74, 6) is -1.92. The molecule has 1 fully saturated rings. The molecule has 2 amide bonds. The van der Waals surface area contributed by atoms with Crippen molar-refractivity contribution in [3.05, 3.63) is 82.9 Å². The summed E-state index contributed by atoms with van der Waals surface area (Å²) < 4.78 is 37.9. The largest absolute Gasteiger partial charge is 0.317 e. The van der Waals surface area contributed by atoms with Gasteiger partial charge in [-0.15, -0.1) is 0 Å². The fraction of sp³-hybridized carbons (Fsp3) is 0. The van der Waals surface area contributed by atoms with Gasteiger partial charge in [-0.25, -0.2) is 23.0 Å². The molecule has 8 nitrogen and oxygen atoms in total. The molecule has 31 heavy (non-hydrogen) atoms. The van der Waals surface area contributed by atoms with Gasteiger partial charge in [-0.1, -0.05) is 11.6 Å². The van der Waals surface area contributed by atoms with E-state index in [0.717, 1.165) is 11.1 Å². The van der Waals surface area contributed by atoms with Gasteiger partial charge in [0.05, 0.1) is 15.6 Å². The number of carbonyl (C=O) groups is 2. The first-order valence-corrected chi connectivity index (χ1v) is 10.7. The molecule has 3 N–H and O–H groups in total. The Morgan fingerprint density at radius 2 is 1.71 bits per heavy atom. The Labute approximate surface area is 181 Å². The van der Waals surface area contributed by atoms with E-state index in [1.807, 2.05) is 0 Å². The van der Waals surface area contributed by atoms with Crippen molar-refractivity contribution in [3.63, 3.8) is 0 Å². The van der Waals surface area contributed by atoms with E-state index in [0.29, 0.717) is 11.4 Å². The lowest BCUT2D eigenvalue weighted by molar-refractivity contribution is -0.117. The summed E-state index contributed by atoms with van der Waals surface area (Å²) in [6.07, 6.45) is 3.09. The summed E-state index contributed by atoms with van der Waals surface area (Å²) in [6, 6.07) is 12.8. The number of anilines is 1. The van der Waals surface area contributed by atoms with Crippen molar-refractivity contribution in [1.29, 1.82) is 0 Å². The summed E-state index contributed by atoms with van der Waals surface area (Å²) in [5.41, 5.74) is 3.59. The predicted octanol–water partition coefficient (Wildman–Crippen LogP) is 2.38. The number of hydrogen-bond acceptors (Lipinski definition) is 4. The fourth-order valence-corrected chi connectivity index (χ4v) is 3.74. The number of rotatable bonds is 4. The van der Waals surface area contributed by atoms with Crippen LogP contribution in [-0.2, 0) is 19.6 Å². The van der Waals surface area contributed by atoms with Gasteiger partial charge in [0.2, 0.25) is 10.0 Å². The number of nitrogens with two attached hydrogens (primary N) is 1. The zero-order valence-electron chi connectivity index (χ0n) is 15.6. The highest BCUT2D eigenvalue weighted by Gasteiger charge is 2.35. The van der Waals surface area contributed by atoms with Crippen molar-refractivity contribution in [2.24, 2.45) is 5.14 Å². The first-order valence-electron chi connectivity index (χ1n) is 8.78. The van der Waals surface area contributed by atoms with Crippen LogP contribution in [0.15, 0.2) is 71.3 Å². The molecule has 0 bridgehead atoms. The third kappa shape index (κ3) is 3.96. The standard InChI is InChI=1S/C20H14ClFN4O4S/c21-17-11-14(5-8-18(17)22)26-20(28)16(19(27)24-26)10-13-2-1-9-25(13)12-3-6-15(7-4-12)31(23,29)30/h1-11H,(H,24,27)(H2,23,29,30). The summed E-state index contributed by atoms with van der Waals surface area (Å²) in [5, 5.41) is 5.91. The number of sulfonamides is 1. The highest BCUT2D eigenvalue weighted by Crippen LogP contribution is 2.26. The zero-order chi connectivity index (χ0) is 22.3. The van der Waals surface area contributed by atoms with Crippen LogP contribution in [0, 0.1) is 5.82 Å². The average Bonchev–Trinajstić information content (AvgIpc) is 3.29. The molecule has 2 aromatic carbocycles. The first kappa shape index (κ1) is 20.8. The number of nitrogens with one attached hydrogen (secondary N) is 1. The summed E-state index contributed by atoms with van der Waals surface area (Å²) in [6.45, 7) is 0. The van der Waals surface area contributed by atoms with Gasteiger partial charge in [0.25, 0.3) is 11.8 Å². The molecule has 0 atom stereocenters. The molecule has 0 spiro atoms. The van der Waals surface area contributed by atoms with E-state index in [1.165, 1.54) is 30.3 Å². The number of primary sulfonamides is 1. The quantitative estimate of drug-likeness (QED) is 0.459. The van der Waals surface area contributed by atoms with Crippen LogP contribution in [0.3, 0.4) is 0 Å². The van der Waals surface area contributed by atoms with E-state index in [9.17, 15) is 22.4 Å². The third-order valence-electron chi connectivity index (χ3n) is 4.57. The van der Waals surface area contributed by atoms with Crippen molar-refractivity contribution in [3.8, 4) is 5.69 Å². The van der Waals surface area contributed by atoms with Gasteiger partial charge in [-0.2, -0.15) is 0 Å². The van der Waals surface area contributed by atoms with E-state index in [-0.39, 0.29) is 21.2 Å². The number of aromatic nitrogens is 1. The molecular formula is C20H14ClFN4O4S. The third-order valence-corrected chi connectivity index (χ3v) is 5.79. The molecule has 2 heterocycles. The second-order valence-corrected chi connectivity index (χ2v) is 8.55. The molecule has 4 rings (SSSR count). The number of nitrogens with zero attached hydrogens (tertiary/aromatic N) is 2. The Morgan fingerprint density at radius 1 is 1.03 bits per heavy atom. The SMILES string of the molecule is NS(=O)(=O)c1ccc(-n2cccc2C=C2C(=O)NN(c3ccc(F)c(Cl)c3)C2=O)cc1. The van der Waals surface area contributed by atoms with Crippen LogP contribution in [0.1, 0.15) is 5.69 Å². The summed E-state index contributed by atoms with van der Waals surface area (Å²) in [4.78, 5) is 25.2. The Morgan fingerprint density at radius 3 is 2.35 bits per heavy atom. The normalized spacial score (nSPS) is 15.6. The van der Waals surface area contributed by atoms with Gasteiger partial charge in [0.15, 0.2) is 0 Å². The Kier molecular flexibility index (Phi) is 5.13. The highest BCUT2D eigenvalue weighted by atomic mass is 35.5. The van der Waals surface area contributed by atoms with E-state index in [4.69, 9.17) is 16.7 Å². The number of carbonyl (C=O) groups excluding carboxylic acids is 2. The first-order chi connectivity index (χ1) is 14.6. The summed E-state index contributed by atoms with van der Waals surface area (Å²) in [7, 11) is -3.83. The van der Waals surface area contributed by atoms with Crippen LogP contribution in [0.25, 0.3) is 11.8 Å². The maximum absolute atomic E-state index is 13.4. The molecular weight excluding hydrogens is 447 g/mol. The van der Waals surface area contributed by atoms with Crippen LogP contribution < -0.4 is 15.6 Å². The molecule has 0 saturated carbocycles. The van der Waals surface area contributed by atoms with Crippen molar-refractivity contribution < 1.29 is 22.4 Å². The Balaban J connectivity index is 1.67. The van der Waals surface area contributed by atoms with Gasteiger partial charge in [-0.3, -0.25) is 15.0 Å². The maximum Gasteiger partial charge on any atom is 0.282 e. The van der Waals surface area contributed by atoms with Crippen LogP contribution in [0.5, 0.6) is 0 Å². The van der Waals surface area contributed by atoms with Crippen molar-refractivity contribution in [2.45, 2.75) is 4.90 Å². The van der Waals surface area contributed by atoms with Gasteiger partial charge < -0.3 is 4.57 Å². The zero-order valence-corrected chi connectivity index (χ0v) is 17.2. The van der Waals surface area contributed by atoms with Gasteiger partial charge in [0.1, 0.15) is 11.4 Å². The second-order valence-electron chi connectivity index (χ2n) is 6.58. The van der Waals surface area contributed by atoms with Crippen LogP contribution in [-0.4, -0.2) is 24.8 Å². The number of halogens is 2. The van der Waals surface area contributed by atoms with Crippen LogP contribution >= 0.6 is 11.6 Å². The van der Waals surface area contributed by atoms with Gasteiger partial charge >= 0.3 is 0 Å². The van der Waals surface area contributed by atoms with Crippen molar-refractivity contribution >= 4 is 45.2 Å². The molecule has 1 aliphatic heterocycles. The second kappa shape index (κ2) is 7.65. The monoisotopic (exact) mass is 460 g/mol. The molecule has 1 aromatic heterocycles. The van der Waals surface area contributed by atoms with Crippen molar-refractivity contribution in [1.82, 2.24) is 9.99 Å². The van der Waals surface area contributed by atoms with Crippen molar-refractivity contribution in [2.75, 3.05) is 5.01 Å². The smallest absolute Gasteiger partial charge is 0.282 e. The molecule has 0 aliphatic carbocycles. The minimum Gasteiger partial charge on any atom is -0.317 e. The molecule has 158 valence electrons. The summed E-state index contributed by atoms with van der Waals surface area (Å²) >= 11 is 5.77. The predicted molar refractivity (Wildman–Crippen MR) is 112 cm³/mol. The minimum atomic E-state index is -3.83. The molecule has 1 aliphatic rings. The number of hydrogen-bond donors (Lipinski definition) is 2. The lowest BCUT2D eigenvalue weighted by Crippen LogP contribution is -2.35. The lowest BCUT2D eigenvalue weighted by Gasteiger charge is -2.14. The van der Waals surface area contributed by atoms with E-state index < -0.39 is 27.7 Å². The van der Waals surface area contributed by atoms with Crippen LogP contribution in [0.4, 0.5) is 10.1 Å². The van der Waals surface area contributed by atoms with E-state index in [2.05, 4.69) is 5.43 Å². The molecule has 0 radical (unpaired) electrons. The average molecular weight is 461 g/mol. The Bertz CT molecular complexity index is 1350. The van der Waals surface area contributed by atoms with Gasteiger partial charge in [-0.05, 0) is 60.7 Å². The molecule has 0 unspecified atom stereocenters. The molecule has 11 heteroatoms. The van der Waals surface area contributed by atoms with Crippen LogP contribution in [0.2, 0.25) is 5.02 Å². The minimum absolute atomic E-state index is 0.0396. The molecule has 3 aromatic rings. The maximum atomic E-state index is 13.4. The van der Waals surface area contributed by atoms with Gasteiger partial charge in [0, 0.05) is 17.6 Å². The number of amides is 2. The highest BCUT2D eigenvalue weighted by molar-refractivity contribution is 7.89. The van der Waals surface area contributed by atoms with E-state index >= 15 is 0 Å². The molecule has 1 saturated heterocycles. The Hall–Kier alpha value is -3.47. The fourth-order valence-electron chi connectivity index (χ4n) is 3.05.